The number of H-pyrrole nitrogens is 1. The second-order valence-electron chi connectivity index (χ2n) is 21.3. The Kier molecular flexibility index (Phi) is 20.0. The molecule has 2 aromatic heterocycles. The Labute approximate surface area is 451 Å². The SMILES string of the molecule is CCN(c1cc(-c2ccc(NCCOCCOCC(=O)CC(C(=O)N3C[C@H](O)C[C@H]3C(=O)N[C@@H](C)c3ccc(C4=C(C)NCS4)cc3)C(C)(C)C)nc2)cc(C(=O)NCc2c(C)cc(C)[nH]c2=O)c1C)C1CCOCC1. The summed E-state index contributed by atoms with van der Waals surface area (Å²) in [4.78, 5) is 80.5. The van der Waals surface area contributed by atoms with Crippen molar-refractivity contribution in [2.24, 2.45) is 11.3 Å². The molecule has 0 spiro atoms. The lowest BCUT2D eigenvalue weighted by Crippen LogP contribution is -2.50. The van der Waals surface area contributed by atoms with Crippen molar-refractivity contribution in [2.75, 3.05) is 75.4 Å². The number of β-amino-alcohol motifs (C(OH)–C–C–N with tert-alkyl or cyclic N) is 1. The Hall–Kier alpha value is -6.05. The van der Waals surface area contributed by atoms with Gasteiger partial charge in [-0.3, -0.25) is 24.0 Å². The Bertz CT molecular complexity index is 2770. The number of thioether (sulfide) groups is 1. The molecular formula is C58H78N8O9S. The molecule has 2 fully saturated rings. The number of anilines is 2. The van der Waals surface area contributed by atoms with Crippen LogP contribution >= 0.6 is 11.8 Å². The highest BCUT2D eigenvalue weighted by atomic mass is 32.2. The lowest BCUT2D eigenvalue weighted by Gasteiger charge is -2.37. The van der Waals surface area contributed by atoms with Crippen molar-refractivity contribution < 1.29 is 38.5 Å². The summed E-state index contributed by atoms with van der Waals surface area (Å²) in [6, 6.07) is 16.9. The fraction of sp³-hybridized carbons (Fsp3) is 0.517. The average Bonchev–Trinajstić information content (AvgIpc) is 4.02. The number of hydrogen-bond donors (Lipinski definition) is 6. The van der Waals surface area contributed by atoms with Gasteiger partial charge < -0.3 is 55.4 Å². The monoisotopic (exact) mass is 1060 g/mol. The van der Waals surface area contributed by atoms with Crippen LogP contribution in [0.2, 0.25) is 0 Å². The predicted molar refractivity (Wildman–Crippen MR) is 299 cm³/mol. The minimum absolute atomic E-state index is 0.0126. The van der Waals surface area contributed by atoms with Gasteiger partial charge >= 0.3 is 0 Å². The van der Waals surface area contributed by atoms with Crippen molar-refractivity contribution in [3.8, 4) is 11.1 Å². The van der Waals surface area contributed by atoms with Crippen LogP contribution in [0.5, 0.6) is 0 Å². The average molecular weight is 1060 g/mol. The summed E-state index contributed by atoms with van der Waals surface area (Å²) in [5.74, 6) is -0.436. The molecule has 3 aliphatic rings. The van der Waals surface area contributed by atoms with Crippen molar-refractivity contribution in [3.63, 3.8) is 0 Å². The van der Waals surface area contributed by atoms with E-state index in [2.05, 4.69) is 56.0 Å². The molecule has 410 valence electrons. The number of aromatic amines is 1. The minimum atomic E-state index is -0.867. The van der Waals surface area contributed by atoms with Crippen molar-refractivity contribution >= 4 is 51.7 Å². The Balaban J connectivity index is 0.873. The fourth-order valence-corrected chi connectivity index (χ4v) is 11.3. The minimum Gasteiger partial charge on any atom is -0.391 e. The van der Waals surface area contributed by atoms with Crippen molar-refractivity contribution in [2.45, 2.75) is 119 Å². The molecule has 7 rings (SSSR count). The van der Waals surface area contributed by atoms with Gasteiger partial charge in [0.25, 0.3) is 11.5 Å². The van der Waals surface area contributed by atoms with Crippen molar-refractivity contribution in [1.82, 2.24) is 30.8 Å². The third kappa shape index (κ3) is 14.7. The normalized spacial score (nSPS) is 17.8. The van der Waals surface area contributed by atoms with Crippen molar-refractivity contribution in [1.29, 1.82) is 0 Å². The molecule has 5 heterocycles. The number of nitrogens with zero attached hydrogens (tertiary/aromatic N) is 3. The third-order valence-electron chi connectivity index (χ3n) is 14.7. The number of ether oxygens (including phenoxy) is 3. The smallest absolute Gasteiger partial charge is 0.253 e. The van der Waals surface area contributed by atoms with E-state index in [9.17, 15) is 29.1 Å². The maximum absolute atomic E-state index is 14.2. The number of pyridine rings is 2. The van der Waals surface area contributed by atoms with E-state index in [1.165, 1.54) is 9.81 Å². The zero-order valence-corrected chi connectivity index (χ0v) is 46.5. The molecule has 76 heavy (non-hydrogen) atoms. The molecule has 2 aromatic carbocycles. The van der Waals surface area contributed by atoms with E-state index in [1.54, 1.807) is 18.0 Å². The molecule has 1 unspecified atom stereocenters. The highest BCUT2D eigenvalue weighted by Gasteiger charge is 2.44. The summed E-state index contributed by atoms with van der Waals surface area (Å²) in [6.07, 6.45) is 2.74. The number of nitrogens with one attached hydrogen (secondary N) is 5. The number of benzene rings is 2. The van der Waals surface area contributed by atoms with Crippen LogP contribution in [-0.2, 0) is 35.1 Å². The Morgan fingerprint density at radius 1 is 0.961 bits per heavy atom. The second-order valence-corrected chi connectivity index (χ2v) is 22.3. The number of allylic oxidation sites excluding steroid dienone is 1. The molecule has 6 N–H and O–H groups in total. The van der Waals surface area contributed by atoms with Crippen LogP contribution in [0.15, 0.2) is 71.3 Å². The van der Waals surface area contributed by atoms with Gasteiger partial charge in [0.15, 0.2) is 5.78 Å². The first-order valence-corrected chi connectivity index (χ1v) is 27.6. The Morgan fingerprint density at radius 3 is 2.34 bits per heavy atom. The number of carbonyl (C=O) groups is 4. The number of hydrogen-bond acceptors (Lipinski definition) is 14. The molecule has 0 radical (unpaired) electrons. The number of likely N-dealkylation sites (tertiary alicyclic amines) is 1. The quantitative estimate of drug-likeness (QED) is 0.0406. The number of aliphatic hydroxyl groups is 1. The fourth-order valence-electron chi connectivity index (χ4n) is 10.3. The van der Waals surface area contributed by atoms with E-state index in [1.807, 2.05) is 97.0 Å². The molecular weight excluding hydrogens is 985 g/mol. The van der Waals surface area contributed by atoms with E-state index in [4.69, 9.17) is 14.2 Å². The van der Waals surface area contributed by atoms with E-state index in [-0.39, 0.29) is 86.9 Å². The molecule has 3 aliphatic heterocycles. The molecule has 3 amide bonds. The van der Waals surface area contributed by atoms with Gasteiger partial charge in [-0.05, 0) is 118 Å². The molecule has 0 bridgehead atoms. The first kappa shape index (κ1) is 57.7. The van der Waals surface area contributed by atoms with E-state index in [0.29, 0.717) is 43.3 Å². The van der Waals surface area contributed by atoms with Crippen LogP contribution in [0, 0.1) is 32.1 Å². The number of Topliss-reactive ketones (excluding diaryl/α,β-unsaturated/α-hetero) is 1. The van der Waals surface area contributed by atoms with Crippen LogP contribution in [0.25, 0.3) is 16.0 Å². The first-order valence-electron chi connectivity index (χ1n) is 26.6. The number of ketones is 1. The number of carbonyl (C=O) groups excluding carboxylic acids is 4. The number of aromatic nitrogens is 2. The van der Waals surface area contributed by atoms with Gasteiger partial charge in [0.05, 0.1) is 37.8 Å². The highest BCUT2D eigenvalue weighted by molar-refractivity contribution is 8.08. The topological polar surface area (TPSA) is 217 Å². The maximum Gasteiger partial charge on any atom is 0.253 e. The van der Waals surface area contributed by atoms with Crippen molar-refractivity contribution in [3.05, 3.63) is 116 Å². The largest absolute Gasteiger partial charge is 0.391 e. The summed E-state index contributed by atoms with van der Waals surface area (Å²) in [7, 11) is 0. The standard InChI is InChI=1S/C58H78N8O9S/c1-10-65(44-17-20-73-21-18-44)50-27-43(26-47(37(50)4)54(69)61-31-48-35(2)25-36(3)63-55(48)70)42-15-16-52(60-30-42)59-19-22-74-23-24-75-33-46(68)28-49(58(7,8)9)57(72)66-32-45(67)29-51(66)56(71)64-38(5)40-11-13-41(14-12-40)53-39(6)62-34-76-53/h11-16,25-27,30,38,44-45,49,51,62,67H,10,17-24,28-29,31-34H2,1-9H3,(H,59,60)(H,61,69)(H,63,70)(H,64,71)/t38-,45+,49?,51-/m0/s1. The zero-order valence-electron chi connectivity index (χ0n) is 45.7. The highest BCUT2D eigenvalue weighted by Crippen LogP contribution is 2.37. The Morgan fingerprint density at radius 2 is 1.68 bits per heavy atom. The van der Waals surface area contributed by atoms with Gasteiger partial charge in [-0.15, -0.1) is 11.8 Å². The lowest BCUT2D eigenvalue weighted by atomic mass is 9.77. The molecule has 0 aliphatic carbocycles. The summed E-state index contributed by atoms with van der Waals surface area (Å²) >= 11 is 1.76. The van der Waals surface area contributed by atoms with E-state index < -0.39 is 23.5 Å². The van der Waals surface area contributed by atoms with Gasteiger partial charge in [-0.1, -0.05) is 45.0 Å². The molecule has 17 nitrogen and oxygen atoms in total. The number of amides is 3. The van der Waals surface area contributed by atoms with Gasteiger partial charge in [0, 0.05) is 109 Å². The van der Waals surface area contributed by atoms with Gasteiger partial charge in [0.2, 0.25) is 11.8 Å². The molecule has 2 saturated heterocycles. The molecule has 4 atom stereocenters. The number of aliphatic hydroxyl groups excluding tert-OH is 1. The molecule has 18 heteroatoms. The zero-order chi connectivity index (χ0) is 54.7. The summed E-state index contributed by atoms with van der Waals surface area (Å²) in [5.41, 5.74) is 8.51. The number of rotatable bonds is 23. The maximum atomic E-state index is 14.2. The van der Waals surface area contributed by atoms with Crippen LogP contribution in [-0.4, -0.2) is 127 Å². The van der Waals surface area contributed by atoms with Gasteiger partial charge in [-0.2, -0.15) is 0 Å². The lowest BCUT2D eigenvalue weighted by molar-refractivity contribution is -0.147. The summed E-state index contributed by atoms with van der Waals surface area (Å²) in [5, 5.41) is 23.4. The van der Waals surface area contributed by atoms with Crippen LogP contribution in [0.1, 0.15) is 117 Å². The van der Waals surface area contributed by atoms with Crippen LogP contribution in [0.4, 0.5) is 11.5 Å². The second kappa shape index (κ2) is 26.3. The first-order chi connectivity index (χ1) is 36.3. The van der Waals surface area contributed by atoms with E-state index >= 15 is 0 Å². The van der Waals surface area contributed by atoms with Crippen LogP contribution in [0.3, 0.4) is 0 Å². The van der Waals surface area contributed by atoms with Crippen LogP contribution < -0.4 is 31.7 Å². The predicted octanol–water partition coefficient (Wildman–Crippen LogP) is 7.19. The summed E-state index contributed by atoms with van der Waals surface area (Å²) < 4.78 is 17.2. The third-order valence-corrected chi connectivity index (χ3v) is 15.8. The summed E-state index contributed by atoms with van der Waals surface area (Å²) in [6.45, 7) is 20.7. The number of aryl methyl sites for hydroxylation is 2. The molecule has 4 aromatic rings. The molecule has 0 saturated carbocycles. The van der Waals surface area contributed by atoms with Gasteiger partial charge in [0.1, 0.15) is 18.5 Å². The van der Waals surface area contributed by atoms with E-state index in [0.717, 1.165) is 75.7 Å². The van der Waals surface area contributed by atoms with Gasteiger partial charge in [-0.25, -0.2) is 4.98 Å².